The van der Waals surface area contributed by atoms with Crippen molar-refractivity contribution in [3.05, 3.63) is 83.3 Å². The number of hydrazine groups is 1. The van der Waals surface area contributed by atoms with Gasteiger partial charge in [0.05, 0.1) is 29.0 Å². The molecule has 5 rings (SSSR count). The van der Waals surface area contributed by atoms with E-state index in [1.54, 1.807) is 24.3 Å². The number of pyridine rings is 1. The summed E-state index contributed by atoms with van der Waals surface area (Å²) in [5, 5.41) is 1.19. The van der Waals surface area contributed by atoms with E-state index >= 15 is 0 Å². The van der Waals surface area contributed by atoms with Crippen molar-refractivity contribution in [2.45, 2.75) is 6.18 Å². The summed E-state index contributed by atoms with van der Waals surface area (Å²) in [4.78, 5) is 16.8. The molecule has 0 radical (unpaired) electrons. The highest BCUT2D eigenvalue weighted by Crippen LogP contribution is 2.40. The van der Waals surface area contributed by atoms with Crippen LogP contribution >= 0.6 is 0 Å². The van der Waals surface area contributed by atoms with Gasteiger partial charge in [0.2, 0.25) is 0 Å². The Labute approximate surface area is 205 Å². The van der Waals surface area contributed by atoms with Gasteiger partial charge in [0.1, 0.15) is 18.2 Å². The summed E-state index contributed by atoms with van der Waals surface area (Å²) < 4.78 is 90.2. The summed E-state index contributed by atoms with van der Waals surface area (Å²) in [7, 11) is 0. The van der Waals surface area contributed by atoms with Crippen LogP contribution in [0.3, 0.4) is 0 Å². The summed E-state index contributed by atoms with van der Waals surface area (Å²) in [6.45, 7) is 0.299. The molecule has 0 saturated heterocycles. The lowest BCUT2D eigenvalue weighted by Gasteiger charge is -2.31. The number of halogens is 6. The smallest absolute Gasteiger partial charge is 0.434 e. The molecule has 37 heavy (non-hydrogen) atoms. The predicted molar refractivity (Wildman–Crippen MR) is 123 cm³/mol. The maximum absolute atomic E-state index is 14.5. The van der Waals surface area contributed by atoms with E-state index in [1.807, 2.05) is 0 Å². The van der Waals surface area contributed by atoms with E-state index in [2.05, 4.69) is 10.4 Å². The predicted octanol–water partition coefficient (Wildman–Crippen LogP) is 5.46. The monoisotopic (exact) mass is 518 g/mol. The second-order valence-electron chi connectivity index (χ2n) is 8.11. The fourth-order valence-electron chi connectivity index (χ4n) is 4.18. The number of nitrogen functional groups attached to an aromatic ring is 1. The third-order valence-corrected chi connectivity index (χ3v) is 5.80. The molecule has 190 valence electrons. The molecular formula is C25H16F6N4O2. The van der Waals surface area contributed by atoms with Gasteiger partial charge >= 0.3 is 6.18 Å². The number of hydrogen-bond donors (Lipinski definition) is 2. The molecule has 1 aliphatic heterocycles. The normalized spacial score (nSPS) is 13.3. The van der Waals surface area contributed by atoms with Crippen molar-refractivity contribution in [2.24, 2.45) is 0 Å². The number of nitrogens with two attached hydrogens (primary N) is 1. The van der Waals surface area contributed by atoms with Crippen molar-refractivity contribution in [2.75, 3.05) is 23.9 Å². The van der Waals surface area contributed by atoms with E-state index in [-0.39, 0.29) is 24.1 Å². The number of hydrogen-bond acceptors (Lipinski definition) is 5. The van der Waals surface area contributed by atoms with Gasteiger partial charge in [-0.25, -0.2) is 18.2 Å². The van der Waals surface area contributed by atoms with Gasteiger partial charge in [-0.15, -0.1) is 0 Å². The van der Waals surface area contributed by atoms with Crippen LogP contribution in [0.2, 0.25) is 0 Å². The number of aromatic nitrogens is 1. The molecule has 3 N–H and O–H groups in total. The van der Waals surface area contributed by atoms with Crippen LogP contribution in [-0.4, -0.2) is 24.0 Å². The molecule has 0 saturated carbocycles. The lowest BCUT2D eigenvalue weighted by molar-refractivity contribution is -0.141. The number of rotatable bonds is 3. The summed E-state index contributed by atoms with van der Waals surface area (Å²) in [6.07, 6.45) is -5.16. The number of benzene rings is 3. The number of nitrogens with one attached hydrogen (secondary N) is 1. The van der Waals surface area contributed by atoms with Crippen LogP contribution in [0.15, 0.2) is 54.6 Å². The van der Waals surface area contributed by atoms with Gasteiger partial charge in [-0.3, -0.25) is 15.2 Å². The lowest BCUT2D eigenvalue weighted by atomic mass is 9.97. The SMILES string of the molecule is Nc1c(C(=O)NN2CCOc3ccccc32)c(C(F)(F)F)nc2c(-c3cc(F)cc(F)c3F)cccc12. The van der Waals surface area contributed by atoms with Crippen molar-refractivity contribution in [1.29, 1.82) is 0 Å². The minimum absolute atomic E-state index is 0.137. The highest BCUT2D eigenvalue weighted by Gasteiger charge is 2.40. The Morgan fingerprint density at radius 3 is 2.54 bits per heavy atom. The molecule has 1 amide bonds. The molecule has 0 unspecified atom stereocenters. The van der Waals surface area contributed by atoms with E-state index in [0.29, 0.717) is 23.6 Å². The zero-order chi connectivity index (χ0) is 26.5. The van der Waals surface area contributed by atoms with E-state index in [4.69, 9.17) is 10.5 Å². The molecule has 1 aliphatic rings. The number of nitrogens with zero attached hydrogens (tertiary/aromatic N) is 2. The van der Waals surface area contributed by atoms with Gasteiger partial charge in [-0.2, -0.15) is 13.2 Å². The first-order valence-electron chi connectivity index (χ1n) is 10.8. The van der Waals surface area contributed by atoms with Gasteiger partial charge in [-0.05, 0) is 18.2 Å². The minimum Gasteiger partial charge on any atom is -0.489 e. The zero-order valence-electron chi connectivity index (χ0n) is 18.7. The Hall–Kier alpha value is -4.48. The fourth-order valence-corrected chi connectivity index (χ4v) is 4.18. The first-order chi connectivity index (χ1) is 17.6. The molecule has 0 fully saturated rings. The highest BCUT2D eigenvalue weighted by atomic mass is 19.4. The van der Waals surface area contributed by atoms with Crippen LogP contribution < -0.4 is 20.9 Å². The standard InChI is InChI=1S/C25H16F6N4O2/c26-12-10-15(20(28)16(27)11-12)13-4-3-5-14-21(32)19(23(25(29,30)31)33-22(13)14)24(36)34-35-8-9-37-18-7-2-1-6-17(18)35/h1-7,10-11H,8-9H2,(H2,32,33)(H,34,36). The highest BCUT2D eigenvalue weighted by molar-refractivity contribution is 6.10. The number of anilines is 2. The van der Waals surface area contributed by atoms with E-state index in [0.717, 1.165) is 6.07 Å². The topological polar surface area (TPSA) is 80.5 Å². The zero-order valence-corrected chi connectivity index (χ0v) is 18.7. The molecule has 0 aliphatic carbocycles. The molecule has 6 nitrogen and oxygen atoms in total. The Balaban J connectivity index is 1.68. The third kappa shape index (κ3) is 4.24. The largest absolute Gasteiger partial charge is 0.489 e. The van der Waals surface area contributed by atoms with Gasteiger partial charge in [-0.1, -0.05) is 30.3 Å². The van der Waals surface area contributed by atoms with Gasteiger partial charge in [0, 0.05) is 22.6 Å². The van der Waals surface area contributed by atoms with Crippen LogP contribution in [0.4, 0.5) is 37.7 Å². The van der Waals surface area contributed by atoms with Crippen molar-refractivity contribution >= 4 is 28.2 Å². The average Bonchev–Trinajstić information content (AvgIpc) is 2.85. The van der Waals surface area contributed by atoms with Gasteiger partial charge < -0.3 is 10.5 Å². The fraction of sp³-hybridized carbons (Fsp3) is 0.120. The second-order valence-corrected chi connectivity index (χ2v) is 8.11. The first-order valence-corrected chi connectivity index (χ1v) is 10.8. The number of carbonyl (C=O) groups is 1. The number of fused-ring (bicyclic) bond motifs is 2. The Bertz CT molecular complexity index is 1560. The Kier molecular flexibility index (Phi) is 5.81. The third-order valence-electron chi connectivity index (χ3n) is 5.80. The first kappa shape index (κ1) is 24.2. The van der Waals surface area contributed by atoms with Crippen molar-refractivity contribution < 1.29 is 35.9 Å². The molecule has 2 heterocycles. The Morgan fingerprint density at radius 1 is 1.03 bits per heavy atom. The summed E-state index contributed by atoms with van der Waals surface area (Å²) >= 11 is 0. The second kappa shape index (κ2) is 8.87. The Morgan fingerprint density at radius 2 is 1.78 bits per heavy atom. The number of carbonyl (C=O) groups excluding carboxylic acids is 1. The number of para-hydroxylation sites is 3. The van der Waals surface area contributed by atoms with Crippen LogP contribution in [0.5, 0.6) is 5.75 Å². The molecule has 0 bridgehead atoms. The molecule has 0 atom stereocenters. The van der Waals surface area contributed by atoms with Crippen molar-refractivity contribution in [1.82, 2.24) is 10.4 Å². The molecule has 12 heteroatoms. The van der Waals surface area contributed by atoms with Crippen LogP contribution in [0.1, 0.15) is 16.1 Å². The molecule has 3 aromatic carbocycles. The van der Waals surface area contributed by atoms with E-state index in [9.17, 15) is 31.1 Å². The van der Waals surface area contributed by atoms with Crippen molar-refractivity contribution in [3.63, 3.8) is 0 Å². The summed E-state index contributed by atoms with van der Waals surface area (Å²) in [5.41, 5.74) is 4.28. The molecule has 1 aromatic heterocycles. The summed E-state index contributed by atoms with van der Waals surface area (Å²) in [6, 6.07) is 11.3. The van der Waals surface area contributed by atoms with Crippen LogP contribution in [-0.2, 0) is 6.18 Å². The molecule has 0 spiro atoms. The molecular weight excluding hydrogens is 502 g/mol. The quantitative estimate of drug-likeness (QED) is 0.278. The van der Waals surface area contributed by atoms with E-state index in [1.165, 1.54) is 17.1 Å². The minimum atomic E-state index is -5.16. The maximum Gasteiger partial charge on any atom is 0.434 e. The van der Waals surface area contributed by atoms with Crippen molar-refractivity contribution in [3.8, 4) is 16.9 Å². The average molecular weight is 518 g/mol. The summed E-state index contributed by atoms with van der Waals surface area (Å²) in [5.74, 6) is -4.92. The van der Waals surface area contributed by atoms with Crippen LogP contribution in [0, 0.1) is 17.5 Å². The maximum atomic E-state index is 14.5. The lowest BCUT2D eigenvalue weighted by Crippen LogP contribution is -2.47. The van der Waals surface area contributed by atoms with E-state index < -0.39 is 57.6 Å². The van der Waals surface area contributed by atoms with Crippen LogP contribution in [0.25, 0.3) is 22.0 Å². The number of alkyl halides is 3. The number of ether oxygens (including phenoxy) is 1. The number of amides is 1. The van der Waals surface area contributed by atoms with Gasteiger partial charge in [0.25, 0.3) is 5.91 Å². The molecule has 4 aromatic rings. The van der Waals surface area contributed by atoms with Gasteiger partial charge in [0.15, 0.2) is 17.3 Å².